The van der Waals surface area contributed by atoms with E-state index in [1.807, 2.05) is 0 Å². The minimum Gasteiger partial charge on any atom is -0.380 e. The second-order valence-corrected chi connectivity index (χ2v) is 5.00. The van der Waals surface area contributed by atoms with Crippen molar-refractivity contribution in [2.75, 3.05) is 7.11 Å². The van der Waals surface area contributed by atoms with Crippen molar-refractivity contribution in [3.8, 4) is 0 Å². The Morgan fingerprint density at radius 3 is 2.59 bits per heavy atom. The maximum absolute atomic E-state index is 13.8. The zero-order valence-electron chi connectivity index (χ0n) is 9.53. The highest BCUT2D eigenvalue weighted by molar-refractivity contribution is 6.31. The van der Waals surface area contributed by atoms with Crippen molar-refractivity contribution in [2.24, 2.45) is 5.73 Å². The third-order valence-electron chi connectivity index (χ3n) is 3.05. The summed E-state index contributed by atoms with van der Waals surface area (Å²) in [6, 6.07) is 1.45. The molecular weight excluding hydrogens is 248 g/mol. The van der Waals surface area contributed by atoms with Crippen LogP contribution in [0.25, 0.3) is 0 Å². The van der Waals surface area contributed by atoms with Crippen molar-refractivity contribution in [3.05, 3.63) is 33.9 Å². The van der Waals surface area contributed by atoms with Crippen LogP contribution in [0.15, 0.2) is 6.07 Å². The summed E-state index contributed by atoms with van der Waals surface area (Å²) in [7, 11) is 1.40. The number of methoxy groups -OCH3 is 1. The number of rotatable bonds is 4. The van der Waals surface area contributed by atoms with Gasteiger partial charge in [0.05, 0.1) is 6.61 Å². The van der Waals surface area contributed by atoms with Gasteiger partial charge in [0.15, 0.2) is 11.6 Å². The van der Waals surface area contributed by atoms with Gasteiger partial charge in [-0.25, -0.2) is 8.78 Å². The van der Waals surface area contributed by atoms with Crippen LogP contribution in [0, 0.1) is 11.6 Å². The lowest BCUT2D eigenvalue weighted by molar-refractivity contribution is 0.180. The standard InChI is InChI=1S/C12H14ClF2NO/c1-17-6-8-9(13)4-7(10(14)11(8)15)5-12(16)2-3-12/h4H,2-3,5-6,16H2,1H3. The molecule has 0 spiro atoms. The molecule has 2 nitrogen and oxygen atoms in total. The first kappa shape index (κ1) is 12.7. The number of ether oxygens (including phenoxy) is 1. The van der Waals surface area contributed by atoms with Crippen molar-refractivity contribution in [1.82, 2.24) is 0 Å². The number of nitrogens with two attached hydrogens (primary N) is 1. The zero-order valence-corrected chi connectivity index (χ0v) is 10.3. The number of hydrogen-bond donors (Lipinski definition) is 1. The average molecular weight is 262 g/mol. The fourth-order valence-corrected chi connectivity index (χ4v) is 2.07. The molecule has 5 heteroatoms. The second-order valence-electron chi connectivity index (χ2n) is 4.60. The van der Waals surface area contributed by atoms with E-state index in [0.29, 0.717) is 6.42 Å². The summed E-state index contributed by atoms with van der Waals surface area (Å²) in [5, 5.41) is 0.185. The second kappa shape index (κ2) is 4.52. The summed E-state index contributed by atoms with van der Waals surface area (Å²) in [6.07, 6.45) is 2.00. The first-order valence-electron chi connectivity index (χ1n) is 5.40. The lowest BCUT2D eigenvalue weighted by atomic mass is 10.0. The van der Waals surface area contributed by atoms with Crippen LogP contribution in [0.3, 0.4) is 0 Å². The summed E-state index contributed by atoms with van der Waals surface area (Å²) >= 11 is 5.91. The summed E-state index contributed by atoms with van der Waals surface area (Å²) in [5.74, 6) is -1.79. The van der Waals surface area contributed by atoms with Crippen molar-refractivity contribution >= 4 is 11.6 Å². The van der Waals surface area contributed by atoms with Gasteiger partial charge in [0.1, 0.15) is 0 Å². The van der Waals surface area contributed by atoms with Crippen LogP contribution < -0.4 is 5.73 Å². The van der Waals surface area contributed by atoms with Gasteiger partial charge in [0, 0.05) is 23.2 Å². The lowest BCUT2D eigenvalue weighted by Crippen LogP contribution is -2.25. The number of hydrogen-bond acceptors (Lipinski definition) is 2. The van der Waals surface area contributed by atoms with Crippen LogP contribution in [-0.4, -0.2) is 12.6 Å². The van der Waals surface area contributed by atoms with Gasteiger partial charge in [-0.05, 0) is 30.9 Å². The Balaban J connectivity index is 2.35. The Bertz CT molecular complexity index is 447. The third-order valence-corrected chi connectivity index (χ3v) is 3.39. The number of benzene rings is 1. The van der Waals surface area contributed by atoms with Crippen LogP contribution in [-0.2, 0) is 17.8 Å². The van der Waals surface area contributed by atoms with Gasteiger partial charge in [-0.15, -0.1) is 0 Å². The molecule has 2 N–H and O–H groups in total. The maximum atomic E-state index is 13.8. The highest BCUT2D eigenvalue weighted by Gasteiger charge is 2.39. The Morgan fingerprint density at radius 1 is 1.41 bits per heavy atom. The van der Waals surface area contributed by atoms with Crippen molar-refractivity contribution in [3.63, 3.8) is 0 Å². The summed E-state index contributed by atoms with van der Waals surface area (Å²) < 4.78 is 32.3. The topological polar surface area (TPSA) is 35.2 Å². The molecule has 2 rings (SSSR count). The van der Waals surface area contributed by atoms with Crippen molar-refractivity contribution < 1.29 is 13.5 Å². The predicted molar refractivity (Wildman–Crippen MR) is 61.9 cm³/mol. The van der Waals surface area contributed by atoms with Gasteiger partial charge in [0.2, 0.25) is 0 Å². The van der Waals surface area contributed by atoms with Gasteiger partial charge in [0.25, 0.3) is 0 Å². The molecule has 0 aliphatic heterocycles. The quantitative estimate of drug-likeness (QED) is 0.846. The number of halogens is 3. The van der Waals surface area contributed by atoms with Crippen LogP contribution in [0.5, 0.6) is 0 Å². The molecule has 0 saturated heterocycles. The van der Waals surface area contributed by atoms with Gasteiger partial charge in [-0.3, -0.25) is 0 Å². The fraction of sp³-hybridized carbons (Fsp3) is 0.500. The van der Waals surface area contributed by atoms with Gasteiger partial charge < -0.3 is 10.5 Å². The Kier molecular flexibility index (Phi) is 3.39. The summed E-state index contributed by atoms with van der Waals surface area (Å²) in [6.45, 7) is -0.0460. The molecule has 0 heterocycles. The molecule has 0 aromatic heterocycles. The third kappa shape index (κ3) is 2.59. The smallest absolute Gasteiger partial charge is 0.166 e. The Hall–Kier alpha value is -0.710. The van der Waals surface area contributed by atoms with Crippen molar-refractivity contribution in [1.29, 1.82) is 0 Å². The minimum absolute atomic E-state index is 0.0460. The SMILES string of the molecule is COCc1c(Cl)cc(CC2(N)CC2)c(F)c1F. The van der Waals surface area contributed by atoms with Crippen LogP contribution >= 0.6 is 11.6 Å². The molecule has 94 valence electrons. The first-order chi connectivity index (χ1) is 7.97. The molecule has 0 unspecified atom stereocenters. The molecule has 1 saturated carbocycles. The van der Waals surface area contributed by atoms with Gasteiger partial charge in [-0.1, -0.05) is 11.6 Å². The molecule has 1 fully saturated rings. The van der Waals surface area contributed by atoms with E-state index in [1.54, 1.807) is 0 Å². The molecule has 0 atom stereocenters. The van der Waals surface area contributed by atoms with E-state index < -0.39 is 11.6 Å². The van der Waals surface area contributed by atoms with Gasteiger partial charge >= 0.3 is 0 Å². The highest BCUT2D eigenvalue weighted by atomic mass is 35.5. The molecule has 0 radical (unpaired) electrons. The largest absolute Gasteiger partial charge is 0.380 e. The highest BCUT2D eigenvalue weighted by Crippen LogP contribution is 2.37. The average Bonchev–Trinajstić information content (AvgIpc) is 2.99. The van der Waals surface area contributed by atoms with Crippen LogP contribution in [0.2, 0.25) is 5.02 Å². The molecule has 1 aliphatic carbocycles. The van der Waals surface area contributed by atoms with E-state index in [-0.39, 0.29) is 28.3 Å². The monoisotopic (exact) mass is 261 g/mol. The summed E-state index contributed by atoms with van der Waals surface area (Å²) in [5.41, 5.74) is 5.81. The van der Waals surface area contributed by atoms with E-state index in [1.165, 1.54) is 13.2 Å². The summed E-state index contributed by atoms with van der Waals surface area (Å²) in [4.78, 5) is 0. The molecule has 1 aromatic carbocycles. The molecule has 1 aliphatic rings. The first-order valence-corrected chi connectivity index (χ1v) is 5.78. The fourth-order valence-electron chi connectivity index (χ4n) is 1.80. The van der Waals surface area contributed by atoms with E-state index >= 15 is 0 Å². The Morgan fingerprint density at radius 2 is 2.06 bits per heavy atom. The molecule has 0 bridgehead atoms. The zero-order chi connectivity index (χ0) is 12.6. The van der Waals surface area contributed by atoms with E-state index in [9.17, 15) is 8.78 Å². The Labute approximate surface area is 104 Å². The lowest BCUT2D eigenvalue weighted by Gasteiger charge is -2.13. The normalized spacial score (nSPS) is 17.2. The van der Waals surface area contributed by atoms with Crippen molar-refractivity contribution in [2.45, 2.75) is 31.4 Å². The van der Waals surface area contributed by atoms with E-state index in [0.717, 1.165) is 12.8 Å². The van der Waals surface area contributed by atoms with E-state index in [2.05, 4.69) is 0 Å². The molecule has 17 heavy (non-hydrogen) atoms. The van der Waals surface area contributed by atoms with Gasteiger partial charge in [-0.2, -0.15) is 0 Å². The molecule has 0 amide bonds. The van der Waals surface area contributed by atoms with Crippen LogP contribution in [0.1, 0.15) is 24.0 Å². The minimum atomic E-state index is -0.932. The molecule has 1 aromatic rings. The molecular formula is C12H14ClF2NO. The predicted octanol–water partition coefficient (Wildman–Crippen LogP) is 2.80. The van der Waals surface area contributed by atoms with E-state index in [4.69, 9.17) is 22.1 Å². The maximum Gasteiger partial charge on any atom is 0.166 e. The van der Waals surface area contributed by atoms with Crippen LogP contribution in [0.4, 0.5) is 8.78 Å².